The van der Waals surface area contributed by atoms with E-state index in [1.807, 2.05) is 6.92 Å². The maximum absolute atomic E-state index is 12.7. The number of hydrogen-bond donors (Lipinski definition) is 0. The van der Waals surface area contributed by atoms with Crippen molar-refractivity contribution in [3.05, 3.63) is 15.4 Å². The molecule has 2 rings (SSSR count). The summed E-state index contributed by atoms with van der Waals surface area (Å²) >= 11 is 10.6. The van der Waals surface area contributed by atoms with Crippen LogP contribution in [-0.2, 0) is 10.0 Å². The van der Waals surface area contributed by atoms with Gasteiger partial charge < -0.3 is 0 Å². The van der Waals surface area contributed by atoms with Crippen molar-refractivity contribution in [2.45, 2.75) is 42.9 Å². The van der Waals surface area contributed by atoms with Crippen molar-refractivity contribution in [1.29, 1.82) is 0 Å². The van der Waals surface area contributed by atoms with Gasteiger partial charge in [0.1, 0.15) is 4.21 Å². The summed E-state index contributed by atoms with van der Waals surface area (Å²) in [5.41, 5.74) is 0.959. The van der Waals surface area contributed by atoms with Crippen molar-refractivity contribution in [1.82, 2.24) is 4.31 Å². The lowest BCUT2D eigenvalue weighted by Crippen LogP contribution is -2.40. The monoisotopic (exact) mass is 385 g/mol. The van der Waals surface area contributed by atoms with Crippen LogP contribution in [0.4, 0.5) is 0 Å². The molecule has 1 atom stereocenters. The van der Waals surface area contributed by atoms with E-state index < -0.39 is 10.0 Å². The number of hydrogen-bond acceptors (Lipinski definition) is 3. The van der Waals surface area contributed by atoms with Gasteiger partial charge in [0.15, 0.2) is 0 Å². The van der Waals surface area contributed by atoms with E-state index in [0.29, 0.717) is 16.6 Å². The second-order valence-electron chi connectivity index (χ2n) is 4.80. The van der Waals surface area contributed by atoms with Crippen LogP contribution >= 0.6 is 38.9 Å². The summed E-state index contributed by atoms with van der Waals surface area (Å²) in [7, 11) is -3.41. The summed E-state index contributed by atoms with van der Waals surface area (Å²) in [6.07, 6.45) is 3.90. The lowest BCUT2D eigenvalue weighted by molar-refractivity contribution is 0.346. The van der Waals surface area contributed by atoms with Gasteiger partial charge in [-0.3, -0.25) is 0 Å². The Kier molecular flexibility index (Phi) is 5.34. The minimum Gasteiger partial charge on any atom is -0.206 e. The van der Waals surface area contributed by atoms with E-state index in [4.69, 9.17) is 11.6 Å². The van der Waals surface area contributed by atoms with Crippen LogP contribution < -0.4 is 0 Å². The van der Waals surface area contributed by atoms with Crippen molar-refractivity contribution in [2.24, 2.45) is 0 Å². The molecule has 1 unspecified atom stereocenters. The van der Waals surface area contributed by atoms with Crippen LogP contribution in [0, 0.1) is 6.92 Å². The van der Waals surface area contributed by atoms with Gasteiger partial charge in [-0.2, -0.15) is 4.31 Å². The second kappa shape index (κ2) is 6.43. The summed E-state index contributed by atoms with van der Waals surface area (Å²) in [5.74, 6) is 0.366. The van der Waals surface area contributed by atoms with E-state index in [0.717, 1.165) is 35.0 Å². The zero-order valence-electron chi connectivity index (χ0n) is 10.7. The van der Waals surface area contributed by atoms with Crippen LogP contribution in [0.2, 0.25) is 0 Å². The van der Waals surface area contributed by atoms with Gasteiger partial charge >= 0.3 is 0 Å². The molecule has 0 spiro atoms. The molecule has 108 valence electrons. The molecule has 0 aliphatic carbocycles. The van der Waals surface area contributed by atoms with Crippen LogP contribution in [0.3, 0.4) is 0 Å². The first-order valence-electron chi connectivity index (χ1n) is 6.30. The second-order valence-corrected chi connectivity index (χ2v) is 9.59. The normalized spacial score (nSPS) is 22.4. The molecule has 1 aliphatic heterocycles. The Morgan fingerprint density at radius 1 is 1.47 bits per heavy atom. The molecule has 0 aromatic carbocycles. The highest BCUT2D eigenvalue weighted by Crippen LogP contribution is 2.34. The lowest BCUT2D eigenvalue weighted by Gasteiger charge is -2.26. The minimum atomic E-state index is -3.41. The van der Waals surface area contributed by atoms with Crippen LogP contribution in [0.25, 0.3) is 0 Å². The van der Waals surface area contributed by atoms with Crippen molar-refractivity contribution in [2.75, 3.05) is 12.4 Å². The van der Waals surface area contributed by atoms with Crippen LogP contribution in [-0.4, -0.2) is 31.2 Å². The number of rotatable bonds is 3. The van der Waals surface area contributed by atoms with Crippen molar-refractivity contribution >= 4 is 48.9 Å². The van der Waals surface area contributed by atoms with E-state index in [-0.39, 0.29) is 6.04 Å². The number of aryl methyl sites for hydroxylation is 1. The molecule has 7 heteroatoms. The molecule has 2 heterocycles. The first-order valence-corrected chi connectivity index (χ1v) is 9.89. The molecule has 19 heavy (non-hydrogen) atoms. The van der Waals surface area contributed by atoms with Crippen molar-refractivity contribution < 1.29 is 8.42 Å². The van der Waals surface area contributed by atoms with Gasteiger partial charge in [-0.1, -0.05) is 12.8 Å². The van der Waals surface area contributed by atoms with Gasteiger partial charge in [0, 0.05) is 18.5 Å². The Morgan fingerprint density at radius 2 is 2.21 bits per heavy atom. The third kappa shape index (κ3) is 3.35. The van der Waals surface area contributed by atoms with Gasteiger partial charge in [0.25, 0.3) is 10.0 Å². The number of sulfonamides is 1. The van der Waals surface area contributed by atoms with Crippen molar-refractivity contribution in [3.8, 4) is 0 Å². The summed E-state index contributed by atoms with van der Waals surface area (Å²) < 4.78 is 28.4. The molecule has 1 aromatic heterocycles. The molecule has 3 nitrogen and oxygen atoms in total. The summed E-state index contributed by atoms with van der Waals surface area (Å²) in [5, 5.41) is 0. The average molecular weight is 387 g/mol. The number of alkyl halides is 1. The average Bonchev–Trinajstić information content (AvgIpc) is 2.61. The SMILES string of the molecule is Cc1cc(S(=O)(=O)N2CCCCCC2CCl)sc1Br. The zero-order valence-corrected chi connectivity index (χ0v) is 14.7. The molecular weight excluding hydrogens is 370 g/mol. The van der Waals surface area contributed by atoms with Gasteiger partial charge in [-0.25, -0.2) is 8.42 Å². The number of thiophene rings is 1. The molecule has 1 aromatic rings. The summed E-state index contributed by atoms with van der Waals surface area (Å²) in [4.78, 5) is 0. The van der Waals surface area contributed by atoms with Crippen LogP contribution in [0.5, 0.6) is 0 Å². The van der Waals surface area contributed by atoms with E-state index in [1.54, 1.807) is 10.4 Å². The minimum absolute atomic E-state index is 0.0738. The highest BCUT2D eigenvalue weighted by molar-refractivity contribution is 9.11. The summed E-state index contributed by atoms with van der Waals surface area (Å²) in [6.45, 7) is 2.48. The van der Waals surface area contributed by atoms with E-state index >= 15 is 0 Å². The topological polar surface area (TPSA) is 37.4 Å². The van der Waals surface area contributed by atoms with E-state index in [2.05, 4.69) is 15.9 Å². The van der Waals surface area contributed by atoms with Gasteiger partial charge in [0.05, 0.1) is 3.79 Å². The Morgan fingerprint density at radius 3 is 2.79 bits per heavy atom. The Labute approximate surface area is 132 Å². The fourth-order valence-corrected chi connectivity index (χ4v) is 6.75. The van der Waals surface area contributed by atoms with Gasteiger partial charge in [-0.15, -0.1) is 22.9 Å². The Bertz CT molecular complexity index is 524. The molecule has 0 amide bonds. The quantitative estimate of drug-likeness (QED) is 0.737. The Hall–Kier alpha value is 0.380. The molecule has 1 saturated heterocycles. The summed E-state index contributed by atoms with van der Waals surface area (Å²) in [6, 6.07) is 1.66. The zero-order chi connectivity index (χ0) is 14.0. The van der Waals surface area contributed by atoms with Gasteiger partial charge in [0.2, 0.25) is 0 Å². The highest BCUT2D eigenvalue weighted by Gasteiger charge is 2.33. The van der Waals surface area contributed by atoms with E-state index in [9.17, 15) is 8.42 Å². The van der Waals surface area contributed by atoms with Crippen molar-refractivity contribution in [3.63, 3.8) is 0 Å². The molecule has 0 bridgehead atoms. The fourth-order valence-electron chi connectivity index (χ4n) is 2.30. The third-order valence-corrected chi connectivity index (χ3v) is 8.29. The number of nitrogens with zero attached hydrogens (tertiary/aromatic N) is 1. The van der Waals surface area contributed by atoms with E-state index in [1.165, 1.54) is 11.3 Å². The number of halogens is 2. The maximum atomic E-state index is 12.7. The highest BCUT2D eigenvalue weighted by atomic mass is 79.9. The first-order chi connectivity index (χ1) is 8.96. The Balaban J connectivity index is 2.35. The van der Waals surface area contributed by atoms with Crippen LogP contribution in [0.1, 0.15) is 31.2 Å². The molecule has 0 N–H and O–H groups in total. The predicted octanol–water partition coefficient (Wildman–Crippen LogP) is 3.99. The first kappa shape index (κ1) is 15.8. The predicted molar refractivity (Wildman–Crippen MR) is 83.6 cm³/mol. The third-order valence-electron chi connectivity index (χ3n) is 3.40. The molecule has 0 saturated carbocycles. The molecular formula is C12H17BrClNO2S2. The molecule has 1 fully saturated rings. The largest absolute Gasteiger partial charge is 0.252 e. The maximum Gasteiger partial charge on any atom is 0.252 e. The van der Waals surface area contributed by atoms with Crippen LogP contribution in [0.15, 0.2) is 14.1 Å². The molecule has 1 aliphatic rings. The smallest absolute Gasteiger partial charge is 0.206 e. The van der Waals surface area contributed by atoms with Gasteiger partial charge in [-0.05, 0) is 47.3 Å². The lowest BCUT2D eigenvalue weighted by atomic mass is 10.1. The molecule has 0 radical (unpaired) electrons. The standard InChI is InChI=1S/C12H17BrClNO2S2/c1-9-7-11(18-12(9)13)19(16,17)15-6-4-2-3-5-10(15)8-14/h7,10H,2-6,8H2,1H3. The fraction of sp³-hybridized carbons (Fsp3) is 0.667.